The number of benzene rings is 1. The van der Waals surface area contributed by atoms with Crippen molar-refractivity contribution in [2.75, 3.05) is 11.4 Å². The van der Waals surface area contributed by atoms with Gasteiger partial charge in [-0.2, -0.15) is 0 Å². The van der Waals surface area contributed by atoms with Crippen molar-refractivity contribution in [1.82, 2.24) is 10.2 Å². The molecule has 1 aliphatic heterocycles. The highest BCUT2D eigenvalue weighted by Crippen LogP contribution is 2.25. The first-order valence-electron chi connectivity index (χ1n) is 5.82. The smallest absolute Gasteiger partial charge is 0.325 e. The van der Waals surface area contributed by atoms with Crippen molar-refractivity contribution in [3.05, 3.63) is 24.3 Å². The number of amides is 1. The minimum absolute atomic E-state index is 0.117. The highest BCUT2D eigenvalue weighted by atomic mass is 16.4. The Morgan fingerprint density at radius 3 is 2.68 bits per heavy atom. The molecular weight excluding hydrogens is 248 g/mol. The summed E-state index contributed by atoms with van der Waals surface area (Å²) in [5.41, 5.74) is 6.38. The second-order valence-electron chi connectivity index (χ2n) is 4.41. The first-order chi connectivity index (χ1) is 9.13. The molecule has 1 fully saturated rings. The molecule has 19 heavy (non-hydrogen) atoms. The van der Waals surface area contributed by atoms with Crippen molar-refractivity contribution in [3.8, 4) is 17.2 Å². The van der Waals surface area contributed by atoms with Gasteiger partial charge in [-0.25, -0.2) is 0 Å². The first-order valence-corrected chi connectivity index (χ1v) is 5.82. The molecule has 0 spiro atoms. The molecule has 1 amide bonds. The van der Waals surface area contributed by atoms with Crippen LogP contribution in [0.2, 0.25) is 0 Å². The lowest BCUT2D eigenvalue weighted by atomic mass is 10.2. The van der Waals surface area contributed by atoms with Crippen LogP contribution in [0.5, 0.6) is 5.75 Å². The number of aromatic hydroxyl groups is 1. The summed E-state index contributed by atoms with van der Waals surface area (Å²) in [5, 5.41) is 17.0. The van der Waals surface area contributed by atoms with Gasteiger partial charge in [-0.1, -0.05) is 5.10 Å². The van der Waals surface area contributed by atoms with E-state index >= 15 is 0 Å². The maximum atomic E-state index is 11.7. The van der Waals surface area contributed by atoms with Crippen LogP contribution in [-0.4, -0.2) is 33.8 Å². The largest absolute Gasteiger partial charge is 0.508 e. The van der Waals surface area contributed by atoms with E-state index in [1.807, 2.05) is 0 Å². The minimum atomic E-state index is -0.198. The van der Waals surface area contributed by atoms with Gasteiger partial charge in [0.25, 0.3) is 0 Å². The first kappa shape index (κ1) is 11.7. The molecule has 1 unspecified atom stereocenters. The highest BCUT2D eigenvalue weighted by Gasteiger charge is 2.31. The van der Waals surface area contributed by atoms with Gasteiger partial charge in [0.15, 0.2) is 0 Å². The SMILES string of the molecule is NC1CC(=O)N(c2nnc(-c3ccc(O)cc3)o2)C1. The van der Waals surface area contributed by atoms with Crippen LogP contribution in [0.25, 0.3) is 11.5 Å². The number of aromatic nitrogens is 2. The Morgan fingerprint density at radius 1 is 1.32 bits per heavy atom. The Morgan fingerprint density at radius 2 is 2.05 bits per heavy atom. The number of phenols is 1. The van der Waals surface area contributed by atoms with Crippen LogP contribution in [0.15, 0.2) is 28.7 Å². The zero-order chi connectivity index (χ0) is 13.4. The molecule has 1 atom stereocenters. The molecule has 1 aliphatic rings. The molecule has 3 rings (SSSR count). The average Bonchev–Trinajstić information content (AvgIpc) is 2.97. The topological polar surface area (TPSA) is 105 Å². The lowest BCUT2D eigenvalue weighted by Crippen LogP contribution is -2.28. The molecule has 3 N–H and O–H groups in total. The van der Waals surface area contributed by atoms with Crippen LogP contribution < -0.4 is 10.6 Å². The van der Waals surface area contributed by atoms with Crippen LogP contribution in [-0.2, 0) is 4.79 Å². The fourth-order valence-corrected chi connectivity index (χ4v) is 1.97. The third-order valence-corrected chi connectivity index (χ3v) is 2.91. The van der Waals surface area contributed by atoms with Crippen LogP contribution in [0, 0.1) is 0 Å². The van der Waals surface area contributed by atoms with Crippen LogP contribution in [0.1, 0.15) is 6.42 Å². The number of phenolic OH excluding ortho intramolecular Hbond substituents is 1. The third-order valence-electron chi connectivity index (χ3n) is 2.91. The van der Waals surface area contributed by atoms with Gasteiger partial charge >= 0.3 is 6.01 Å². The molecule has 1 aromatic heterocycles. The second-order valence-corrected chi connectivity index (χ2v) is 4.41. The third kappa shape index (κ3) is 2.15. The molecule has 7 heteroatoms. The van der Waals surface area contributed by atoms with E-state index < -0.39 is 0 Å². The molecule has 98 valence electrons. The zero-order valence-corrected chi connectivity index (χ0v) is 9.98. The Labute approximate surface area is 108 Å². The lowest BCUT2D eigenvalue weighted by Gasteiger charge is -2.08. The quantitative estimate of drug-likeness (QED) is 0.814. The Hall–Kier alpha value is -2.41. The van der Waals surface area contributed by atoms with Crippen molar-refractivity contribution in [3.63, 3.8) is 0 Å². The van der Waals surface area contributed by atoms with Gasteiger partial charge in [0.2, 0.25) is 11.8 Å². The van der Waals surface area contributed by atoms with Crippen LogP contribution >= 0.6 is 0 Å². The fourth-order valence-electron chi connectivity index (χ4n) is 1.97. The van der Waals surface area contributed by atoms with Gasteiger partial charge in [0, 0.05) is 24.6 Å². The maximum Gasteiger partial charge on any atom is 0.325 e. The number of carbonyl (C=O) groups is 1. The molecule has 1 saturated heterocycles. The summed E-state index contributed by atoms with van der Waals surface area (Å²) < 4.78 is 5.46. The number of rotatable bonds is 2. The Balaban J connectivity index is 1.87. The minimum Gasteiger partial charge on any atom is -0.508 e. The normalized spacial score (nSPS) is 19.1. The number of carbonyl (C=O) groups excluding carboxylic acids is 1. The summed E-state index contributed by atoms with van der Waals surface area (Å²) in [6.45, 7) is 0.385. The Bertz CT molecular complexity index is 608. The van der Waals surface area contributed by atoms with Gasteiger partial charge in [0.05, 0.1) is 0 Å². The Kier molecular flexibility index (Phi) is 2.68. The van der Waals surface area contributed by atoms with Crippen LogP contribution in [0.4, 0.5) is 6.01 Å². The predicted octanol–water partition coefficient (Wildman–Crippen LogP) is 0.506. The van der Waals surface area contributed by atoms with Gasteiger partial charge in [-0.3, -0.25) is 9.69 Å². The van der Waals surface area contributed by atoms with Gasteiger partial charge in [-0.15, -0.1) is 5.10 Å². The molecule has 0 aliphatic carbocycles. The highest BCUT2D eigenvalue weighted by molar-refractivity contribution is 5.94. The summed E-state index contributed by atoms with van der Waals surface area (Å²) in [4.78, 5) is 13.1. The van der Waals surface area contributed by atoms with Crippen molar-refractivity contribution >= 4 is 11.9 Å². The van der Waals surface area contributed by atoms with Gasteiger partial charge in [-0.05, 0) is 24.3 Å². The summed E-state index contributed by atoms with van der Waals surface area (Å²) >= 11 is 0. The van der Waals surface area contributed by atoms with Gasteiger partial charge in [0.1, 0.15) is 5.75 Å². The number of anilines is 1. The van der Waals surface area contributed by atoms with E-state index in [4.69, 9.17) is 10.2 Å². The van der Waals surface area contributed by atoms with Gasteiger partial charge < -0.3 is 15.3 Å². The van der Waals surface area contributed by atoms with Crippen LogP contribution in [0.3, 0.4) is 0 Å². The van der Waals surface area contributed by atoms with E-state index in [0.29, 0.717) is 18.0 Å². The van der Waals surface area contributed by atoms with E-state index in [1.54, 1.807) is 12.1 Å². The maximum absolute atomic E-state index is 11.7. The number of hydrogen-bond donors (Lipinski definition) is 2. The predicted molar refractivity (Wildman–Crippen MR) is 66.3 cm³/mol. The average molecular weight is 260 g/mol. The monoisotopic (exact) mass is 260 g/mol. The van der Waals surface area contributed by atoms with E-state index in [0.717, 1.165) is 0 Å². The number of nitrogens with two attached hydrogens (primary N) is 1. The summed E-state index contributed by atoms with van der Waals surface area (Å²) in [6.07, 6.45) is 0.289. The summed E-state index contributed by atoms with van der Waals surface area (Å²) in [7, 11) is 0. The number of hydrogen-bond acceptors (Lipinski definition) is 6. The van der Waals surface area contributed by atoms with E-state index in [-0.39, 0.29) is 30.1 Å². The second kappa shape index (κ2) is 4.36. The molecular formula is C12H12N4O3. The summed E-state index contributed by atoms with van der Waals surface area (Å²) in [6, 6.07) is 6.32. The molecule has 0 bridgehead atoms. The van der Waals surface area contributed by atoms with Crippen molar-refractivity contribution in [1.29, 1.82) is 0 Å². The van der Waals surface area contributed by atoms with E-state index in [1.165, 1.54) is 17.0 Å². The van der Waals surface area contributed by atoms with Crippen molar-refractivity contribution < 1.29 is 14.3 Å². The lowest BCUT2D eigenvalue weighted by molar-refractivity contribution is -0.117. The van der Waals surface area contributed by atoms with Crippen molar-refractivity contribution in [2.45, 2.75) is 12.5 Å². The molecule has 0 saturated carbocycles. The number of nitrogens with zero attached hydrogens (tertiary/aromatic N) is 3. The van der Waals surface area contributed by atoms with Crippen molar-refractivity contribution in [2.24, 2.45) is 5.73 Å². The molecule has 1 aromatic carbocycles. The molecule has 0 radical (unpaired) electrons. The molecule has 7 nitrogen and oxygen atoms in total. The van der Waals surface area contributed by atoms with E-state index in [2.05, 4.69) is 10.2 Å². The fraction of sp³-hybridized carbons (Fsp3) is 0.250. The molecule has 2 heterocycles. The standard InChI is InChI=1S/C12H12N4O3/c13-8-5-10(18)16(6-8)12-15-14-11(19-12)7-1-3-9(17)4-2-7/h1-4,8,17H,5-6,13H2. The van der Waals surface area contributed by atoms with E-state index in [9.17, 15) is 9.90 Å². The zero-order valence-electron chi connectivity index (χ0n) is 9.98. The molecule has 2 aromatic rings. The summed E-state index contributed by atoms with van der Waals surface area (Å²) in [5.74, 6) is 0.334.